The molecule has 6 rings (SSSR count). The SMILES string of the molecule is O=C(C1CC1)[C@@]1(Cn2c(-c3ccc(-c4ccccc4)cc3)nc3cc(Br)c(F)cc32)CCNC1. The molecule has 34 heavy (non-hydrogen) atoms. The van der Waals surface area contributed by atoms with Crippen molar-refractivity contribution in [2.45, 2.75) is 25.8 Å². The van der Waals surface area contributed by atoms with E-state index in [1.165, 1.54) is 6.07 Å². The largest absolute Gasteiger partial charge is 0.323 e. The van der Waals surface area contributed by atoms with Crippen LogP contribution in [0.25, 0.3) is 33.5 Å². The fourth-order valence-electron chi connectivity index (χ4n) is 5.19. The van der Waals surface area contributed by atoms with Crippen LogP contribution >= 0.6 is 15.9 Å². The van der Waals surface area contributed by atoms with Crippen LogP contribution in [-0.2, 0) is 11.3 Å². The van der Waals surface area contributed by atoms with Gasteiger partial charge in [0, 0.05) is 30.6 Å². The van der Waals surface area contributed by atoms with Crippen molar-refractivity contribution in [1.82, 2.24) is 14.9 Å². The number of ketones is 1. The second kappa shape index (κ2) is 8.43. The highest BCUT2D eigenvalue weighted by Crippen LogP contribution is 2.42. The van der Waals surface area contributed by atoms with Crippen LogP contribution in [0.15, 0.2) is 71.2 Å². The van der Waals surface area contributed by atoms with Crippen molar-refractivity contribution in [3.63, 3.8) is 0 Å². The Morgan fingerprint density at radius 2 is 1.76 bits per heavy atom. The summed E-state index contributed by atoms with van der Waals surface area (Å²) in [5, 5.41) is 3.41. The maximum absolute atomic E-state index is 14.6. The summed E-state index contributed by atoms with van der Waals surface area (Å²) in [7, 11) is 0. The number of fused-ring (bicyclic) bond motifs is 1. The van der Waals surface area contributed by atoms with Crippen LogP contribution in [0.1, 0.15) is 19.3 Å². The Kier molecular flexibility index (Phi) is 5.38. The van der Waals surface area contributed by atoms with E-state index in [4.69, 9.17) is 4.98 Å². The Hall–Kier alpha value is -2.83. The number of Topliss-reactive ketones (excluding diaryl/α,β-unsaturated/α-hetero) is 1. The fraction of sp³-hybridized carbons (Fsp3) is 0.286. The third kappa shape index (κ3) is 3.79. The third-order valence-electron chi connectivity index (χ3n) is 7.22. The molecule has 0 unspecified atom stereocenters. The molecule has 1 atom stereocenters. The van der Waals surface area contributed by atoms with Crippen LogP contribution in [0.2, 0.25) is 0 Å². The Morgan fingerprint density at radius 1 is 1.06 bits per heavy atom. The number of imidazole rings is 1. The number of rotatable bonds is 6. The molecule has 4 nitrogen and oxygen atoms in total. The molecule has 1 aliphatic heterocycles. The van der Waals surface area contributed by atoms with Crippen LogP contribution in [0.4, 0.5) is 4.39 Å². The van der Waals surface area contributed by atoms with Crippen LogP contribution in [-0.4, -0.2) is 28.4 Å². The number of halogens is 2. The van der Waals surface area contributed by atoms with Gasteiger partial charge in [-0.2, -0.15) is 0 Å². The molecule has 172 valence electrons. The van der Waals surface area contributed by atoms with E-state index >= 15 is 0 Å². The van der Waals surface area contributed by atoms with Crippen LogP contribution in [0, 0.1) is 17.2 Å². The monoisotopic (exact) mass is 517 g/mol. The Bertz CT molecular complexity index is 1370. The minimum absolute atomic E-state index is 0.175. The summed E-state index contributed by atoms with van der Waals surface area (Å²) in [6, 6.07) is 21.8. The number of aromatic nitrogens is 2. The van der Waals surface area contributed by atoms with Crippen molar-refractivity contribution < 1.29 is 9.18 Å². The molecule has 3 aromatic carbocycles. The van der Waals surface area contributed by atoms with E-state index in [1.54, 1.807) is 6.07 Å². The normalized spacial score (nSPS) is 20.2. The number of nitrogens with one attached hydrogen (secondary N) is 1. The van der Waals surface area contributed by atoms with E-state index in [2.05, 4.69) is 62.2 Å². The van der Waals surface area contributed by atoms with Gasteiger partial charge in [0.25, 0.3) is 0 Å². The van der Waals surface area contributed by atoms with E-state index in [0.717, 1.165) is 59.4 Å². The zero-order valence-corrected chi connectivity index (χ0v) is 20.3. The summed E-state index contributed by atoms with van der Waals surface area (Å²) in [4.78, 5) is 18.3. The van der Waals surface area contributed by atoms with Gasteiger partial charge in [-0.15, -0.1) is 0 Å². The van der Waals surface area contributed by atoms with E-state index < -0.39 is 5.41 Å². The number of carbonyl (C=O) groups excluding carboxylic acids is 1. The minimum Gasteiger partial charge on any atom is -0.323 e. The van der Waals surface area contributed by atoms with Gasteiger partial charge < -0.3 is 9.88 Å². The number of benzene rings is 3. The van der Waals surface area contributed by atoms with Gasteiger partial charge in [0.1, 0.15) is 17.4 Å². The number of hydrogen-bond acceptors (Lipinski definition) is 3. The average molecular weight is 518 g/mol. The lowest BCUT2D eigenvalue weighted by molar-refractivity contribution is -0.129. The van der Waals surface area contributed by atoms with Crippen molar-refractivity contribution in [3.05, 3.63) is 77.0 Å². The second-order valence-electron chi connectivity index (χ2n) is 9.57. The van der Waals surface area contributed by atoms with Gasteiger partial charge in [-0.05, 0) is 58.9 Å². The molecular weight excluding hydrogens is 493 g/mol. The molecule has 0 amide bonds. The molecule has 1 saturated heterocycles. The molecule has 1 aliphatic carbocycles. The fourth-order valence-corrected chi connectivity index (χ4v) is 5.52. The average Bonchev–Trinajstić information content (AvgIpc) is 3.52. The highest BCUT2D eigenvalue weighted by molar-refractivity contribution is 9.10. The van der Waals surface area contributed by atoms with Crippen LogP contribution < -0.4 is 5.32 Å². The van der Waals surface area contributed by atoms with Crippen molar-refractivity contribution in [3.8, 4) is 22.5 Å². The van der Waals surface area contributed by atoms with Gasteiger partial charge in [-0.3, -0.25) is 4.79 Å². The van der Waals surface area contributed by atoms with E-state index in [1.807, 2.05) is 18.2 Å². The van der Waals surface area contributed by atoms with Crippen LogP contribution in [0.5, 0.6) is 0 Å². The Balaban J connectivity index is 1.46. The van der Waals surface area contributed by atoms with Crippen LogP contribution in [0.3, 0.4) is 0 Å². The van der Waals surface area contributed by atoms with Crippen molar-refractivity contribution in [1.29, 1.82) is 0 Å². The lowest BCUT2D eigenvalue weighted by atomic mass is 9.80. The Labute approximate surface area is 206 Å². The highest BCUT2D eigenvalue weighted by Gasteiger charge is 2.48. The first-order valence-corrected chi connectivity index (χ1v) is 12.6. The first-order chi connectivity index (χ1) is 16.5. The van der Waals surface area contributed by atoms with Gasteiger partial charge in [-0.1, -0.05) is 54.6 Å². The Morgan fingerprint density at radius 3 is 2.44 bits per heavy atom. The summed E-state index contributed by atoms with van der Waals surface area (Å²) in [6.45, 7) is 1.99. The molecule has 1 aromatic heterocycles. The molecule has 0 bridgehead atoms. The molecule has 0 radical (unpaired) electrons. The molecule has 2 heterocycles. The molecule has 0 spiro atoms. The molecule has 1 N–H and O–H groups in total. The van der Waals surface area contributed by atoms with Gasteiger partial charge in [0.2, 0.25) is 0 Å². The first kappa shape index (κ1) is 21.7. The maximum Gasteiger partial charge on any atom is 0.145 e. The first-order valence-electron chi connectivity index (χ1n) is 11.8. The zero-order chi connectivity index (χ0) is 23.3. The lowest BCUT2D eigenvalue weighted by Gasteiger charge is -2.28. The van der Waals surface area contributed by atoms with E-state index in [9.17, 15) is 9.18 Å². The van der Waals surface area contributed by atoms with E-state index in [-0.39, 0.29) is 11.7 Å². The maximum atomic E-state index is 14.6. The number of nitrogens with zero attached hydrogens (tertiary/aromatic N) is 2. The second-order valence-corrected chi connectivity index (χ2v) is 10.4. The standard InChI is InChI=1S/C28H25BrFN3O/c29-22-14-24-25(15-23(22)30)33(17-28(12-13-31-16-28)26(34)20-8-9-20)27(32-24)21-10-6-19(7-11-21)18-4-2-1-3-5-18/h1-7,10-11,14-15,20,31H,8-9,12-13,16-17H2/t28-/m0/s1. The zero-order valence-electron chi connectivity index (χ0n) is 18.7. The summed E-state index contributed by atoms with van der Waals surface area (Å²) in [5.74, 6) is 0.963. The number of hydrogen-bond donors (Lipinski definition) is 1. The molecular formula is C28H25BrFN3O. The quantitative estimate of drug-likeness (QED) is 0.329. The van der Waals surface area contributed by atoms with Gasteiger partial charge >= 0.3 is 0 Å². The summed E-state index contributed by atoms with van der Waals surface area (Å²) >= 11 is 3.30. The predicted molar refractivity (Wildman–Crippen MR) is 136 cm³/mol. The number of carbonyl (C=O) groups is 1. The van der Waals surface area contributed by atoms with Gasteiger partial charge in [0.05, 0.1) is 20.9 Å². The predicted octanol–water partition coefficient (Wildman–Crippen LogP) is 6.23. The molecule has 6 heteroatoms. The van der Waals surface area contributed by atoms with Crippen molar-refractivity contribution in [2.24, 2.45) is 11.3 Å². The lowest BCUT2D eigenvalue weighted by Crippen LogP contribution is -2.39. The molecule has 2 aliphatic rings. The van der Waals surface area contributed by atoms with Crippen molar-refractivity contribution >= 4 is 32.7 Å². The van der Waals surface area contributed by atoms with Gasteiger partial charge in [0.15, 0.2) is 0 Å². The minimum atomic E-state index is -0.475. The summed E-state index contributed by atoms with van der Waals surface area (Å²) < 4.78 is 17.1. The third-order valence-corrected chi connectivity index (χ3v) is 7.82. The highest BCUT2D eigenvalue weighted by atomic mass is 79.9. The summed E-state index contributed by atoms with van der Waals surface area (Å²) in [6.07, 6.45) is 2.77. The topological polar surface area (TPSA) is 46.9 Å². The molecule has 1 saturated carbocycles. The molecule has 2 fully saturated rings. The van der Waals surface area contributed by atoms with Gasteiger partial charge in [-0.25, -0.2) is 9.37 Å². The summed E-state index contributed by atoms with van der Waals surface area (Å²) in [5.41, 5.74) is 4.19. The molecule has 4 aromatic rings. The van der Waals surface area contributed by atoms with E-state index in [0.29, 0.717) is 23.3 Å². The van der Waals surface area contributed by atoms with Crippen molar-refractivity contribution in [2.75, 3.05) is 13.1 Å². The smallest absolute Gasteiger partial charge is 0.145 e.